The van der Waals surface area contributed by atoms with Crippen molar-refractivity contribution in [3.63, 3.8) is 0 Å². The third kappa shape index (κ3) is 3.61. The summed E-state index contributed by atoms with van der Waals surface area (Å²) in [6.45, 7) is 6.26. The number of nitrogens with one attached hydrogen (secondary N) is 1. The first-order chi connectivity index (χ1) is 8.86. The number of thiazole rings is 1. The SMILES string of the molecule is CC(C)(C)c1csc(NC(=O)c2cccc(Br)n2)n1. The number of pyridine rings is 1. The molecule has 2 aromatic rings. The number of anilines is 1. The first-order valence-corrected chi connectivity index (χ1v) is 7.43. The summed E-state index contributed by atoms with van der Waals surface area (Å²) in [5.74, 6) is -0.254. The monoisotopic (exact) mass is 339 g/mol. The molecule has 0 unspecified atom stereocenters. The molecule has 1 N–H and O–H groups in total. The van der Waals surface area contributed by atoms with Gasteiger partial charge >= 0.3 is 0 Å². The number of hydrogen-bond donors (Lipinski definition) is 1. The van der Waals surface area contributed by atoms with Crippen molar-refractivity contribution in [1.29, 1.82) is 0 Å². The second kappa shape index (κ2) is 5.38. The molecule has 0 fully saturated rings. The van der Waals surface area contributed by atoms with E-state index in [2.05, 4.69) is 52.0 Å². The maximum Gasteiger partial charge on any atom is 0.276 e. The first kappa shape index (κ1) is 14.1. The molecule has 1 amide bonds. The summed E-state index contributed by atoms with van der Waals surface area (Å²) < 4.78 is 0.634. The zero-order valence-corrected chi connectivity index (χ0v) is 13.3. The van der Waals surface area contributed by atoms with E-state index in [9.17, 15) is 4.79 Å². The van der Waals surface area contributed by atoms with Crippen molar-refractivity contribution in [1.82, 2.24) is 9.97 Å². The minimum Gasteiger partial charge on any atom is -0.296 e. The Kier molecular flexibility index (Phi) is 4.01. The molecule has 2 heterocycles. The van der Waals surface area contributed by atoms with E-state index in [-0.39, 0.29) is 11.3 Å². The van der Waals surface area contributed by atoms with Crippen molar-refractivity contribution in [3.8, 4) is 0 Å². The van der Waals surface area contributed by atoms with Crippen LogP contribution in [0.25, 0.3) is 0 Å². The number of hydrogen-bond acceptors (Lipinski definition) is 4. The Morgan fingerprint density at radius 1 is 1.32 bits per heavy atom. The summed E-state index contributed by atoms with van der Waals surface area (Å²) in [7, 11) is 0. The van der Waals surface area contributed by atoms with Crippen LogP contribution in [-0.2, 0) is 5.41 Å². The largest absolute Gasteiger partial charge is 0.296 e. The van der Waals surface area contributed by atoms with Crippen LogP contribution >= 0.6 is 27.3 Å². The number of carbonyl (C=O) groups is 1. The van der Waals surface area contributed by atoms with Crippen molar-refractivity contribution in [2.75, 3.05) is 5.32 Å². The lowest BCUT2D eigenvalue weighted by atomic mass is 9.93. The Hall–Kier alpha value is -1.27. The summed E-state index contributed by atoms with van der Waals surface area (Å²) in [4.78, 5) is 20.5. The van der Waals surface area contributed by atoms with Gasteiger partial charge in [0.15, 0.2) is 5.13 Å². The van der Waals surface area contributed by atoms with Gasteiger partial charge in [0.1, 0.15) is 10.3 Å². The summed E-state index contributed by atoms with van der Waals surface area (Å²) in [5, 5.41) is 5.32. The molecule has 2 rings (SSSR count). The lowest BCUT2D eigenvalue weighted by Crippen LogP contribution is -2.15. The maximum absolute atomic E-state index is 12.0. The molecule has 2 aromatic heterocycles. The predicted molar refractivity (Wildman–Crippen MR) is 80.7 cm³/mol. The lowest BCUT2D eigenvalue weighted by Gasteiger charge is -2.14. The third-order valence-electron chi connectivity index (χ3n) is 2.44. The topological polar surface area (TPSA) is 54.9 Å². The fraction of sp³-hybridized carbons (Fsp3) is 0.308. The van der Waals surface area contributed by atoms with Crippen LogP contribution in [0.4, 0.5) is 5.13 Å². The van der Waals surface area contributed by atoms with Crippen molar-refractivity contribution < 1.29 is 4.79 Å². The smallest absolute Gasteiger partial charge is 0.276 e. The number of carbonyl (C=O) groups excluding carboxylic acids is 1. The number of nitrogens with zero attached hydrogens (tertiary/aromatic N) is 2. The average molecular weight is 340 g/mol. The molecule has 0 aliphatic heterocycles. The molecule has 4 nitrogen and oxygen atoms in total. The molecule has 0 aromatic carbocycles. The van der Waals surface area contributed by atoms with E-state index in [4.69, 9.17) is 0 Å². The first-order valence-electron chi connectivity index (χ1n) is 5.76. The highest BCUT2D eigenvalue weighted by molar-refractivity contribution is 9.10. The molecular weight excluding hydrogens is 326 g/mol. The Balaban J connectivity index is 2.13. The van der Waals surface area contributed by atoms with Gasteiger partial charge in [0.25, 0.3) is 5.91 Å². The maximum atomic E-state index is 12.0. The van der Waals surface area contributed by atoms with Gasteiger partial charge in [0, 0.05) is 10.8 Å². The molecule has 0 aliphatic carbocycles. The fourth-order valence-corrected chi connectivity index (χ4v) is 2.65. The summed E-state index contributed by atoms with van der Waals surface area (Å²) in [6.07, 6.45) is 0. The van der Waals surface area contributed by atoms with Gasteiger partial charge in [-0.15, -0.1) is 11.3 Å². The molecule has 0 spiro atoms. The van der Waals surface area contributed by atoms with Crippen molar-refractivity contribution in [2.45, 2.75) is 26.2 Å². The van der Waals surface area contributed by atoms with Crippen molar-refractivity contribution in [3.05, 3.63) is 39.6 Å². The zero-order valence-electron chi connectivity index (χ0n) is 10.9. The molecule has 0 aliphatic rings. The van der Waals surface area contributed by atoms with E-state index < -0.39 is 0 Å². The van der Waals surface area contributed by atoms with Gasteiger partial charge < -0.3 is 0 Å². The quantitative estimate of drug-likeness (QED) is 0.845. The Bertz CT molecular complexity index is 604. The van der Waals surface area contributed by atoms with Gasteiger partial charge in [-0.25, -0.2) is 9.97 Å². The molecule has 6 heteroatoms. The van der Waals surface area contributed by atoms with E-state index in [0.29, 0.717) is 15.4 Å². The number of rotatable bonds is 2. The Morgan fingerprint density at radius 3 is 2.63 bits per heavy atom. The minimum absolute atomic E-state index is 0.0203. The van der Waals surface area contributed by atoms with Crippen molar-refractivity contribution in [2.24, 2.45) is 0 Å². The number of halogens is 1. The molecular formula is C13H14BrN3OS. The second-order valence-corrected chi connectivity index (χ2v) is 6.76. The summed E-state index contributed by atoms with van der Waals surface area (Å²) >= 11 is 4.66. The van der Waals surface area contributed by atoms with Gasteiger partial charge in [-0.3, -0.25) is 10.1 Å². The summed E-state index contributed by atoms with van der Waals surface area (Å²) in [5.41, 5.74) is 1.31. The van der Waals surface area contributed by atoms with Crippen LogP contribution in [0.5, 0.6) is 0 Å². The highest BCUT2D eigenvalue weighted by atomic mass is 79.9. The molecule has 100 valence electrons. The minimum atomic E-state index is -0.254. The van der Waals surface area contributed by atoms with E-state index in [0.717, 1.165) is 5.69 Å². The lowest BCUT2D eigenvalue weighted by molar-refractivity contribution is 0.102. The highest BCUT2D eigenvalue weighted by Gasteiger charge is 2.18. The molecule has 0 saturated heterocycles. The average Bonchev–Trinajstić information content (AvgIpc) is 2.77. The van der Waals surface area contributed by atoms with Crippen LogP contribution in [0.3, 0.4) is 0 Å². The van der Waals surface area contributed by atoms with Crippen LogP contribution < -0.4 is 5.32 Å². The van der Waals surface area contributed by atoms with Crippen LogP contribution in [0.1, 0.15) is 37.0 Å². The third-order valence-corrected chi connectivity index (χ3v) is 3.64. The van der Waals surface area contributed by atoms with E-state index >= 15 is 0 Å². The van der Waals surface area contributed by atoms with Gasteiger partial charge in [-0.05, 0) is 28.1 Å². The van der Waals surface area contributed by atoms with E-state index in [1.54, 1.807) is 18.2 Å². The van der Waals surface area contributed by atoms with Gasteiger partial charge in [0.2, 0.25) is 0 Å². The number of aromatic nitrogens is 2. The van der Waals surface area contributed by atoms with Crippen LogP contribution in [0, 0.1) is 0 Å². The second-order valence-electron chi connectivity index (χ2n) is 5.09. The van der Waals surface area contributed by atoms with Crippen molar-refractivity contribution >= 4 is 38.3 Å². The normalized spacial score (nSPS) is 11.4. The van der Waals surface area contributed by atoms with Gasteiger partial charge in [0.05, 0.1) is 5.69 Å². The van der Waals surface area contributed by atoms with Gasteiger partial charge in [-0.2, -0.15) is 0 Å². The Labute approximate surface area is 124 Å². The van der Waals surface area contributed by atoms with E-state index in [1.807, 2.05) is 5.38 Å². The Morgan fingerprint density at radius 2 is 2.05 bits per heavy atom. The summed E-state index contributed by atoms with van der Waals surface area (Å²) in [6, 6.07) is 5.21. The highest BCUT2D eigenvalue weighted by Crippen LogP contribution is 2.26. The van der Waals surface area contributed by atoms with Crippen LogP contribution in [0.15, 0.2) is 28.2 Å². The zero-order chi connectivity index (χ0) is 14.0. The fourth-order valence-electron chi connectivity index (χ4n) is 1.37. The molecule has 0 saturated carbocycles. The van der Waals surface area contributed by atoms with Gasteiger partial charge in [-0.1, -0.05) is 26.8 Å². The molecule has 0 bridgehead atoms. The van der Waals surface area contributed by atoms with E-state index in [1.165, 1.54) is 11.3 Å². The number of amides is 1. The standard InChI is InChI=1S/C13H14BrN3OS/c1-13(2,3)9-7-19-12(16-9)17-11(18)8-5-4-6-10(14)15-8/h4-7H,1-3H3,(H,16,17,18). The molecule has 0 atom stereocenters. The van der Waals surface area contributed by atoms with Crippen LogP contribution in [0.2, 0.25) is 0 Å². The molecule has 0 radical (unpaired) electrons. The molecule has 19 heavy (non-hydrogen) atoms. The predicted octanol–water partition coefficient (Wildman–Crippen LogP) is 3.85. The van der Waals surface area contributed by atoms with Crippen LogP contribution in [-0.4, -0.2) is 15.9 Å².